The van der Waals surface area contributed by atoms with Crippen LogP contribution in [0, 0.1) is 5.92 Å². The summed E-state index contributed by atoms with van der Waals surface area (Å²) in [7, 11) is -3.14. The number of benzene rings is 1. The number of anilines is 1. The zero-order valence-electron chi connectivity index (χ0n) is 11.2. The Labute approximate surface area is 130 Å². The molecule has 2 atom stereocenters. The second-order valence-electron chi connectivity index (χ2n) is 5.41. The largest absolute Gasteiger partial charge is 0.487 e. The molecule has 2 saturated heterocycles. The lowest BCUT2D eigenvalue weighted by molar-refractivity contribution is -0.117. The predicted molar refractivity (Wildman–Crippen MR) is 75.9 cm³/mol. The van der Waals surface area contributed by atoms with Crippen molar-refractivity contribution in [3.63, 3.8) is 0 Å². The van der Waals surface area contributed by atoms with E-state index in [1.807, 2.05) is 0 Å². The Balaban J connectivity index is 1.83. The standard InChI is InChI=1S/C13H12ClF2NO4S/c14-13(15,16)21-10-3-1-9(2-4-10)17-11-7-22(19,20)6-8(11)5-12(17)18/h1-4,8,11H,5-7H2/t8-,11+/m0/s1. The normalized spacial score (nSPS) is 27.0. The molecule has 5 nitrogen and oxygen atoms in total. The van der Waals surface area contributed by atoms with Crippen LogP contribution >= 0.6 is 11.6 Å². The third kappa shape index (κ3) is 3.03. The van der Waals surface area contributed by atoms with E-state index in [0.29, 0.717) is 5.69 Å². The number of carbonyl (C=O) groups excluding carboxylic acids is 1. The number of sulfone groups is 1. The van der Waals surface area contributed by atoms with Gasteiger partial charge >= 0.3 is 5.57 Å². The summed E-state index contributed by atoms with van der Waals surface area (Å²) in [5.41, 5.74) is -3.35. The molecular formula is C13H12ClF2NO4S. The molecule has 0 N–H and O–H groups in total. The average molecular weight is 352 g/mol. The van der Waals surface area contributed by atoms with Gasteiger partial charge in [-0.25, -0.2) is 8.42 Å². The highest BCUT2D eigenvalue weighted by Gasteiger charge is 2.49. The van der Waals surface area contributed by atoms with E-state index >= 15 is 0 Å². The summed E-state index contributed by atoms with van der Waals surface area (Å²) in [6.45, 7) is 0. The predicted octanol–water partition coefficient (Wildman–Crippen LogP) is 2.00. The Kier molecular flexibility index (Phi) is 3.56. The highest BCUT2D eigenvalue weighted by atomic mass is 35.5. The van der Waals surface area contributed by atoms with Crippen molar-refractivity contribution >= 4 is 33.0 Å². The van der Waals surface area contributed by atoms with Gasteiger partial charge < -0.3 is 9.64 Å². The summed E-state index contributed by atoms with van der Waals surface area (Å²) < 4.78 is 52.7. The molecule has 0 radical (unpaired) electrons. The first kappa shape index (κ1) is 15.5. The maximum atomic E-state index is 12.5. The lowest BCUT2D eigenvalue weighted by Crippen LogP contribution is -2.36. The monoisotopic (exact) mass is 351 g/mol. The zero-order valence-corrected chi connectivity index (χ0v) is 12.8. The van der Waals surface area contributed by atoms with Crippen LogP contribution in [0.15, 0.2) is 24.3 Å². The molecule has 0 aromatic heterocycles. The fourth-order valence-corrected chi connectivity index (χ4v) is 5.19. The minimum Gasteiger partial charge on any atom is -0.420 e. The van der Waals surface area contributed by atoms with Gasteiger partial charge in [-0.1, -0.05) is 0 Å². The Morgan fingerprint density at radius 1 is 1.23 bits per heavy atom. The second kappa shape index (κ2) is 5.06. The highest BCUT2D eigenvalue weighted by molar-refractivity contribution is 7.91. The molecule has 0 bridgehead atoms. The molecule has 0 saturated carbocycles. The van der Waals surface area contributed by atoms with Crippen molar-refractivity contribution in [3.8, 4) is 5.75 Å². The maximum absolute atomic E-state index is 12.5. The molecule has 0 unspecified atom stereocenters. The van der Waals surface area contributed by atoms with Crippen LogP contribution in [-0.4, -0.2) is 37.4 Å². The maximum Gasteiger partial charge on any atom is 0.487 e. The molecule has 120 valence electrons. The number of fused-ring (bicyclic) bond motifs is 1. The average Bonchev–Trinajstić information content (AvgIpc) is 2.79. The second-order valence-corrected chi connectivity index (χ2v) is 8.01. The Morgan fingerprint density at radius 3 is 2.45 bits per heavy atom. The first-order valence-corrected chi connectivity index (χ1v) is 8.73. The van der Waals surface area contributed by atoms with Crippen LogP contribution < -0.4 is 9.64 Å². The van der Waals surface area contributed by atoms with Crippen molar-refractivity contribution < 1.29 is 26.7 Å². The fraction of sp³-hybridized carbons (Fsp3) is 0.462. The topological polar surface area (TPSA) is 63.7 Å². The van der Waals surface area contributed by atoms with Crippen molar-refractivity contribution in [2.24, 2.45) is 5.92 Å². The van der Waals surface area contributed by atoms with Gasteiger partial charge in [0.05, 0.1) is 17.5 Å². The molecule has 2 heterocycles. The quantitative estimate of drug-likeness (QED) is 0.781. The zero-order chi connectivity index (χ0) is 16.1. The number of rotatable bonds is 3. The summed E-state index contributed by atoms with van der Waals surface area (Å²) in [6.07, 6.45) is 0.182. The summed E-state index contributed by atoms with van der Waals surface area (Å²) in [5.74, 6) is -0.575. The minimum absolute atomic E-state index is 0.0135. The van der Waals surface area contributed by atoms with Gasteiger partial charge in [0.2, 0.25) is 5.91 Å². The van der Waals surface area contributed by atoms with Gasteiger partial charge in [0.25, 0.3) is 0 Å². The molecular weight excluding hydrogens is 340 g/mol. The molecule has 3 rings (SSSR count). The molecule has 1 aromatic rings. The van der Waals surface area contributed by atoms with Crippen LogP contribution in [0.5, 0.6) is 5.75 Å². The third-order valence-electron chi connectivity index (χ3n) is 3.82. The van der Waals surface area contributed by atoms with Crippen molar-refractivity contribution in [2.45, 2.75) is 18.0 Å². The number of hydrogen-bond donors (Lipinski definition) is 0. The summed E-state index contributed by atoms with van der Waals surface area (Å²) in [4.78, 5) is 13.5. The number of halogens is 3. The number of hydrogen-bond acceptors (Lipinski definition) is 4. The fourth-order valence-electron chi connectivity index (χ4n) is 3.03. The van der Waals surface area contributed by atoms with Crippen LogP contribution in [0.25, 0.3) is 0 Å². The lowest BCUT2D eigenvalue weighted by Gasteiger charge is -2.23. The van der Waals surface area contributed by atoms with E-state index in [-0.39, 0.29) is 35.5 Å². The van der Waals surface area contributed by atoms with Gasteiger partial charge in [-0.2, -0.15) is 0 Å². The van der Waals surface area contributed by atoms with E-state index in [1.54, 1.807) is 0 Å². The molecule has 0 aliphatic carbocycles. The molecule has 9 heteroatoms. The first-order valence-electron chi connectivity index (χ1n) is 6.53. The van der Waals surface area contributed by atoms with Gasteiger partial charge in [-0.3, -0.25) is 4.79 Å². The van der Waals surface area contributed by atoms with Crippen molar-refractivity contribution in [3.05, 3.63) is 24.3 Å². The SMILES string of the molecule is O=C1C[C@H]2CS(=O)(=O)C[C@H]2N1c1ccc(OC(F)(F)Cl)cc1. The molecule has 1 amide bonds. The van der Waals surface area contributed by atoms with Gasteiger partial charge in [0, 0.05) is 29.6 Å². The molecule has 2 fully saturated rings. The third-order valence-corrected chi connectivity index (χ3v) is 5.69. The van der Waals surface area contributed by atoms with Crippen molar-refractivity contribution in [1.29, 1.82) is 0 Å². The van der Waals surface area contributed by atoms with Crippen molar-refractivity contribution in [1.82, 2.24) is 0 Å². The van der Waals surface area contributed by atoms with Gasteiger partial charge in [-0.05, 0) is 24.3 Å². The Morgan fingerprint density at radius 2 is 1.86 bits per heavy atom. The number of alkyl halides is 3. The van der Waals surface area contributed by atoms with E-state index in [1.165, 1.54) is 29.2 Å². The minimum atomic E-state index is -3.81. The lowest BCUT2D eigenvalue weighted by atomic mass is 10.0. The summed E-state index contributed by atoms with van der Waals surface area (Å²) >= 11 is 4.68. The van der Waals surface area contributed by atoms with E-state index < -0.39 is 21.4 Å². The first-order chi connectivity index (χ1) is 10.1. The number of carbonyl (C=O) groups is 1. The number of nitrogens with zero attached hydrogens (tertiary/aromatic N) is 1. The molecule has 0 spiro atoms. The van der Waals surface area contributed by atoms with E-state index in [0.717, 1.165) is 0 Å². The molecule has 2 aliphatic heterocycles. The van der Waals surface area contributed by atoms with E-state index in [4.69, 9.17) is 0 Å². The van der Waals surface area contributed by atoms with Crippen LogP contribution in [0.2, 0.25) is 0 Å². The van der Waals surface area contributed by atoms with Gasteiger partial charge in [-0.15, -0.1) is 8.78 Å². The number of amides is 1. The smallest absolute Gasteiger partial charge is 0.420 e. The molecule has 22 heavy (non-hydrogen) atoms. The summed E-state index contributed by atoms with van der Waals surface area (Å²) in [6, 6.07) is 5.00. The van der Waals surface area contributed by atoms with Crippen LogP contribution in [-0.2, 0) is 14.6 Å². The molecule has 1 aromatic carbocycles. The van der Waals surface area contributed by atoms with Crippen LogP contribution in [0.3, 0.4) is 0 Å². The van der Waals surface area contributed by atoms with Gasteiger partial charge in [0.1, 0.15) is 5.75 Å². The van der Waals surface area contributed by atoms with Crippen LogP contribution in [0.1, 0.15) is 6.42 Å². The van der Waals surface area contributed by atoms with E-state index in [9.17, 15) is 22.0 Å². The van der Waals surface area contributed by atoms with Gasteiger partial charge in [0.15, 0.2) is 9.84 Å². The molecule has 2 aliphatic rings. The Hall–Kier alpha value is -1.41. The van der Waals surface area contributed by atoms with E-state index in [2.05, 4.69) is 16.3 Å². The number of ether oxygens (including phenoxy) is 1. The Bertz CT molecular complexity index is 702. The van der Waals surface area contributed by atoms with Crippen molar-refractivity contribution in [2.75, 3.05) is 16.4 Å². The van der Waals surface area contributed by atoms with Crippen LogP contribution in [0.4, 0.5) is 14.5 Å². The summed E-state index contributed by atoms with van der Waals surface area (Å²) in [5, 5.41) is 0. The highest BCUT2D eigenvalue weighted by Crippen LogP contribution is 2.37.